The zero-order valence-corrected chi connectivity index (χ0v) is 12.1. The van der Waals surface area contributed by atoms with Gasteiger partial charge in [-0.3, -0.25) is 8.86 Å². The molecule has 1 saturated carbocycles. The van der Waals surface area contributed by atoms with Crippen LogP contribution in [-0.2, 0) is 11.3 Å². The number of rotatable bonds is 5. The predicted octanol–water partition coefficient (Wildman–Crippen LogP) is 3.99. The summed E-state index contributed by atoms with van der Waals surface area (Å²) in [4.78, 5) is 0. The van der Waals surface area contributed by atoms with Gasteiger partial charge in [0.05, 0.1) is 5.69 Å². The lowest BCUT2D eigenvalue weighted by Gasteiger charge is -2.22. The second-order valence-electron chi connectivity index (χ2n) is 5.31. The SMILES string of the molecule is O=S(O)N(CCC1CCCCCC1)c1ccccc1. The fourth-order valence-corrected chi connectivity index (χ4v) is 3.41. The summed E-state index contributed by atoms with van der Waals surface area (Å²) in [5.41, 5.74) is 0.831. The maximum Gasteiger partial charge on any atom is 0.261 e. The monoisotopic (exact) mass is 281 g/mol. The largest absolute Gasteiger partial charge is 0.289 e. The highest BCUT2D eigenvalue weighted by molar-refractivity contribution is 7.80. The van der Waals surface area contributed by atoms with Gasteiger partial charge in [-0.05, 0) is 24.5 Å². The molecule has 106 valence electrons. The highest BCUT2D eigenvalue weighted by Gasteiger charge is 2.17. The van der Waals surface area contributed by atoms with E-state index in [0.29, 0.717) is 6.54 Å². The molecule has 0 amide bonds. The molecule has 2 rings (SSSR count). The molecule has 0 spiro atoms. The third-order valence-electron chi connectivity index (χ3n) is 3.95. The summed E-state index contributed by atoms with van der Waals surface area (Å²) < 4.78 is 22.5. The van der Waals surface area contributed by atoms with Crippen molar-refractivity contribution in [2.24, 2.45) is 5.92 Å². The lowest BCUT2D eigenvalue weighted by Crippen LogP contribution is -2.27. The molecule has 0 aromatic heterocycles. The molecule has 1 N–H and O–H groups in total. The van der Waals surface area contributed by atoms with E-state index in [0.717, 1.165) is 18.0 Å². The fourth-order valence-electron chi connectivity index (χ4n) is 2.84. The number of hydrogen-bond donors (Lipinski definition) is 1. The highest BCUT2D eigenvalue weighted by atomic mass is 32.2. The van der Waals surface area contributed by atoms with Crippen molar-refractivity contribution in [3.05, 3.63) is 30.3 Å². The molecule has 0 bridgehead atoms. The molecule has 3 nitrogen and oxygen atoms in total. The average Bonchev–Trinajstić information content (AvgIpc) is 2.68. The van der Waals surface area contributed by atoms with Gasteiger partial charge in [-0.25, -0.2) is 4.21 Å². The van der Waals surface area contributed by atoms with E-state index < -0.39 is 11.3 Å². The maximum absolute atomic E-state index is 11.5. The fraction of sp³-hybridized carbons (Fsp3) is 0.600. The molecule has 1 unspecified atom stereocenters. The Morgan fingerprint density at radius 1 is 1.11 bits per heavy atom. The Morgan fingerprint density at radius 3 is 2.32 bits per heavy atom. The van der Waals surface area contributed by atoms with Crippen LogP contribution in [0.1, 0.15) is 44.9 Å². The molecule has 0 aliphatic heterocycles. The minimum Gasteiger partial charge on any atom is -0.289 e. The summed E-state index contributed by atoms with van der Waals surface area (Å²) in [5.74, 6) is 0.720. The Hall–Kier alpha value is -0.870. The third-order valence-corrected chi connectivity index (χ3v) is 4.72. The third kappa shape index (κ3) is 4.62. The summed E-state index contributed by atoms with van der Waals surface area (Å²) in [7, 11) is 0. The van der Waals surface area contributed by atoms with Crippen molar-refractivity contribution >= 4 is 17.0 Å². The van der Waals surface area contributed by atoms with Gasteiger partial charge >= 0.3 is 0 Å². The molecular weight excluding hydrogens is 258 g/mol. The van der Waals surface area contributed by atoms with Crippen LogP contribution < -0.4 is 4.31 Å². The van der Waals surface area contributed by atoms with Crippen molar-refractivity contribution in [3.8, 4) is 0 Å². The van der Waals surface area contributed by atoms with Crippen molar-refractivity contribution in [3.63, 3.8) is 0 Å². The van der Waals surface area contributed by atoms with E-state index in [1.807, 2.05) is 30.3 Å². The van der Waals surface area contributed by atoms with Gasteiger partial charge < -0.3 is 0 Å². The van der Waals surface area contributed by atoms with E-state index in [9.17, 15) is 8.76 Å². The number of para-hydroxylation sites is 1. The Balaban J connectivity index is 1.92. The number of hydrogen-bond acceptors (Lipinski definition) is 1. The Bertz CT molecular complexity index is 388. The first-order valence-electron chi connectivity index (χ1n) is 7.21. The number of nitrogens with zero attached hydrogens (tertiary/aromatic N) is 1. The molecule has 0 saturated heterocycles. The highest BCUT2D eigenvalue weighted by Crippen LogP contribution is 2.26. The first kappa shape index (κ1) is 14.5. The normalized spacial score (nSPS) is 18.8. The number of anilines is 1. The zero-order valence-electron chi connectivity index (χ0n) is 11.3. The molecule has 1 aromatic rings. The first-order valence-corrected chi connectivity index (χ1v) is 8.27. The molecule has 4 heteroatoms. The predicted molar refractivity (Wildman–Crippen MR) is 80.4 cm³/mol. The van der Waals surface area contributed by atoms with E-state index in [1.165, 1.54) is 38.5 Å². The van der Waals surface area contributed by atoms with Crippen LogP contribution in [0.4, 0.5) is 5.69 Å². The molecule has 1 aliphatic carbocycles. The Morgan fingerprint density at radius 2 is 1.74 bits per heavy atom. The molecule has 19 heavy (non-hydrogen) atoms. The van der Waals surface area contributed by atoms with Gasteiger partial charge in [0, 0.05) is 6.54 Å². The van der Waals surface area contributed by atoms with Crippen LogP contribution in [0, 0.1) is 5.92 Å². The van der Waals surface area contributed by atoms with Gasteiger partial charge in [-0.2, -0.15) is 0 Å². The van der Waals surface area contributed by atoms with Crippen molar-refractivity contribution in [2.75, 3.05) is 10.8 Å². The van der Waals surface area contributed by atoms with E-state index >= 15 is 0 Å². The smallest absolute Gasteiger partial charge is 0.261 e. The van der Waals surface area contributed by atoms with Crippen LogP contribution >= 0.6 is 0 Å². The summed E-state index contributed by atoms with van der Waals surface area (Å²) in [6.45, 7) is 0.664. The van der Waals surface area contributed by atoms with Gasteiger partial charge in [0.25, 0.3) is 11.3 Å². The van der Waals surface area contributed by atoms with Crippen LogP contribution in [0.3, 0.4) is 0 Å². The molecule has 1 fully saturated rings. The van der Waals surface area contributed by atoms with E-state index in [4.69, 9.17) is 0 Å². The van der Waals surface area contributed by atoms with Crippen LogP contribution in [0.2, 0.25) is 0 Å². The van der Waals surface area contributed by atoms with Crippen LogP contribution in [0.25, 0.3) is 0 Å². The van der Waals surface area contributed by atoms with Gasteiger partial charge in [-0.1, -0.05) is 56.7 Å². The van der Waals surface area contributed by atoms with E-state index in [2.05, 4.69) is 0 Å². The average molecular weight is 281 g/mol. The zero-order chi connectivity index (χ0) is 13.5. The van der Waals surface area contributed by atoms with E-state index in [-0.39, 0.29) is 0 Å². The van der Waals surface area contributed by atoms with Crippen LogP contribution in [0.15, 0.2) is 30.3 Å². The topological polar surface area (TPSA) is 40.5 Å². The van der Waals surface area contributed by atoms with E-state index in [1.54, 1.807) is 4.31 Å². The molecule has 0 radical (unpaired) electrons. The lowest BCUT2D eigenvalue weighted by molar-refractivity contribution is 0.432. The standard InChI is InChI=1S/C15H23NO2S/c17-19(18)16(15-10-6-3-7-11-15)13-12-14-8-4-1-2-5-9-14/h3,6-7,10-11,14H,1-2,4-5,8-9,12-13H2,(H,17,18). The van der Waals surface area contributed by atoms with Crippen molar-refractivity contribution < 1.29 is 8.76 Å². The molecule has 1 atom stereocenters. The summed E-state index contributed by atoms with van der Waals surface area (Å²) in [5, 5.41) is 0. The summed E-state index contributed by atoms with van der Waals surface area (Å²) in [6, 6.07) is 9.51. The molecule has 1 aromatic carbocycles. The maximum atomic E-state index is 11.5. The van der Waals surface area contributed by atoms with Crippen molar-refractivity contribution in [1.29, 1.82) is 0 Å². The van der Waals surface area contributed by atoms with Crippen LogP contribution in [-0.4, -0.2) is 15.3 Å². The second-order valence-corrected chi connectivity index (χ2v) is 6.22. The molecular formula is C15H23NO2S. The minimum absolute atomic E-state index is 0.664. The van der Waals surface area contributed by atoms with Gasteiger partial charge in [0.1, 0.15) is 0 Å². The second kappa shape index (κ2) is 7.65. The van der Waals surface area contributed by atoms with Crippen LogP contribution in [0.5, 0.6) is 0 Å². The first-order chi connectivity index (χ1) is 9.27. The van der Waals surface area contributed by atoms with Crippen molar-refractivity contribution in [1.82, 2.24) is 0 Å². The Labute approximate surface area is 118 Å². The lowest BCUT2D eigenvalue weighted by atomic mass is 9.97. The van der Waals surface area contributed by atoms with Gasteiger partial charge in [0.2, 0.25) is 0 Å². The Kier molecular flexibility index (Phi) is 5.86. The van der Waals surface area contributed by atoms with Gasteiger partial charge in [-0.15, -0.1) is 0 Å². The van der Waals surface area contributed by atoms with Gasteiger partial charge in [0.15, 0.2) is 0 Å². The van der Waals surface area contributed by atoms with Crippen molar-refractivity contribution in [2.45, 2.75) is 44.9 Å². The number of benzene rings is 1. The summed E-state index contributed by atoms with van der Waals surface area (Å²) >= 11 is -1.93. The minimum atomic E-state index is -1.93. The molecule has 1 aliphatic rings. The quantitative estimate of drug-likeness (QED) is 0.655. The molecule has 0 heterocycles. The summed E-state index contributed by atoms with van der Waals surface area (Å²) in [6.07, 6.45) is 8.91.